The summed E-state index contributed by atoms with van der Waals surface area (Å²) >= 11 is 0. The molecule has 0 spiro atoms. The standard InChI is InChI=1S/C51H52Si/c1-32-20-33(2)24-45(23-32)42-14-11-17-48(29-42)52(51-40(9)38(7)39(8)41(51)10,49-18-12-15-43(30-49)46-25-34(3)21-35(4)26-46)50-19-13-16-44(31-50)47-27-36(5)22-37(6)28-47/h11-31,40H,1-10H3. The molecule has 0 saturated carbocycles. The van der Waals surface area contributed by atoms with Gasteiger partial charge in [-0.1, -0.05) is 184 Å². The van der Waals surface area contributed by atoms with Crippen molar-refractivity contribution in [3.63, 3.8) is 0 Å². The van der Waals surface area contributed by atoms with Crippen molar-refractivity contribution in [3.8, 4) is 33.4 Å². The number of rotatable bonds is 7. The molecule has 6 aromatic carbocycles. The molecule has 52 heavy (non-hydrogen) atoms. The van der Waals surface area contributed by atoms with Crippen LogP contribution >= 0.6 is 0 Å². The number of benzene rings is 6. The third kappa shape index (κ3) is 6.37. The van der Waals surface area contributed by atoms with E-state index in [0.29, 0.717) is 5.92 Å². The average molecular weight is 693 g/mol. The van der Waals surface area contributed by atoms with E-state index in [1.807, 2.05) is 0 Å². The lowest BCUT2D eigenvalue weighted by atomic mass is 10.0. The Hall–Kier alpha value is -4.98. The molecule has 0 saturated heterocycles. The summed E-state index contributed by atoms with van der Waals surface area (Å²) in [6.45, 7) is 22.8. The Morgan fingerprint density at radius 3 is 0.923 bits per heavy atom. The van der Waals surface area contributed by atoms with Crippen molar-refractivity contribution < 1.29 is 0 Å². The molecule has 1 aliphatic rings. The number of hydrogen-bond acceptors (Lipinski definition) is 0. The second-order valence-corrected chi connectivity index (χ2v) is 19.5. The van der Waals surface area contributed by atoms with Gasteiger partial charge < -0.3 is 0 Å². The summed E-state index contributed by atoms with van der Waals surface area (Å²) in [4.78, 5) is 0. The van der Waals surface area contributed by atoms with Crippen molar-refractivity contribution >= 4 is 23.6 Å². The Morgan fingerprint density at radius 1 is 0.346 bits per heavy atom. The van der Waals surface area contributed by atoms with Crippen molar-refractivity contribution in [3.05, 3.63) is 183 Å². The first-order valence-electron chi connectivity index (χ1n) is 18.8. The fourth-order valence-corrected chi connectivity index (χ4v) is 14.9. The molecule has 260 valence electrons. The minimum atomic E-state index is -2.94. The van der Waals surface area contributed by atoms with Gasteiger partial charge in [0.2, 0.25) is 0 Å². The molecule has 6 aromatic rings. The monoisotopic (exact) mass is 692 g/mol. The van der Waals surface area contributed by atoms with Crippen LogP contribution in [0, 0.1) is 47.5 Å². The highest BCUT2D eigenvalue weighted by molar-refractivity contribution is 7.16. The molecular formula is C51H52Si. The molecule has 1 heteroatoms. The molecule has 0 bridgehead atoms. The van der Waals surface area contributed by atoms with Crippen LogP contribution in [0.4, 0.5) is 0 Å². The Kier molecular flexibility index (Phi) is 9.44. The van der Waals surface area contributed by atoms with Gasteiger partial charge in [0.15, 0.2) is 8.07 Å². The lowest BCUT2D eigenvalue weighted by Crippen LogP contribution is -2.69. The summed E-state index contributed by atoms with van der Waals surface area (Å²) in [5.74, 6) is 0.325. The molecule has 0 heterocycles. The van der Waals surface area contributed by atoms with Crippen LogP contribution in [0.2, 0.25) is 0 Å². The Labute approximate surface area is 313 Å². The van der Waals surface area contributed by atoms with Crippen molar-refractivity contribution in [2.45, 2.75) is 69.2 Å². The maximum Gasteiger partial charge on any atom is 0.176 e. The van der Waals surface area contributed by atoms with E-state index in [1.54, 1.807) is 5.20 Å². The van der Waals surface area contributed by atoms with Gasteiger partial charge in [-0.2, -0.15) is 0 Å². The molecule has 1 unspecified atom stereocenters. The molecule has 1 atom stereocenters. The zero-order valence-corrected chi connectivity index (χ0v) is 33.7. The normalized spacial score (nSPS) is 14.8. The van der Waals surface area contributed by atoms with Crippen LogP contribution in [0.1, 0.15) is 61.1 Å². The molecule has 0 amide bonds. The van der Waals surface area contributed by atoms with E-state index in [9.17, 15) is 0 Å². The Balaban J connectivity index is 1.61. The smallest absolute Gasteiger partial charge is 0.0636 e. The Bertz CT molecular complexity index is 2130. The summed E-state index contributed by atoms with van der Waals surface area (Å²) in [6, 6.07) is 49.7. The fraction of sp³-hybridized carbons (Fsp3) is 0.216. The molecule has 1 aliphatic carbocycles. The van der Waals surface area contributed by atoms with Crippen molar-refractivity contribution in [1.29, 1.82) is 0 Å². The Morgan fingerprint density at radius 2 is 0.654 bits per heavy atom. The number of aryl methyl sites for hydroxylation is 6. The fourth-order valence-electron chi connectivity index (χ4n) is 9.16. The minimum Gasteiger partial charge on any atom is -0.0636 e. The third-order valence-electron chi connectivity index (χ3n) is 11.6. The molecule has 0 aliphatic heterocycles. The quantitative estimate of drug-likeness (QED) is 0.115. The first-order chi connectivity index (χ1) is 24.8. The van der Waals surface area contributed by atoms with Gasteiger partial charge in [-0.25, -0.2) is 0 Å². The highest BCUT2D eigenvalue weighted by atomic mass is 28.3. The average Bonchev–Trinajstić information content (AvgIpc) is 3.30. The zero-order chi connectivity index (χ0) is 36.9. The highest BCUT2D eigenvalue weighted by Crippen LogP contribution is 2.42. The van der Waals surface area contributed by atoms with Crippen LogP contribution < -0.4 is 15.6 Å². The molecule has 0 radical (unpaired) electrons. The van der Waals surface area contributed by atoms with Crippen LogP contribution in [0.3, 0.4) is 0 Å². The first kappa shape index (κ1) is 35.4. The molecule has 0 nitrogen and oxygen atoms in total. The van der Waals surface area contributed by atoms with E-state index in [1.165, 1.54) is 99.0 Å². The predicted molar refractivity (Wildman–Crippen MR) is 229 cm³/mol. The summed E-state index contributed by atoms with van der Waals surface area (Å²) in [6.07, 6.45) is 0. The molecule has 0 aromatic heterocycles. The van der Waals surface area contributed by atoms with Crippen molar-refractivity contribution in [2.24, 2.45) is 5.92 Å². The summed E-state index contributed by atoms with van der Waals surface area (Å²) < 4.78 is 0. The lowest BCUT2D eigenvalue weighted by molar-refractivity contribution is 0.851. The van der Waals surface area contributed by atoms with Crippen LogP contribution in [0.5, 0.6) is 0 Å². The summed E-state index contributed by atoms with van der Waals surface area (Å²) in [7, 11) is -2.94. The van der Waals surface area contributed by atoms with Gasteiger partial charge in [-0.05, 0) is 123 Å². The van der Waals surface area contributed by atoms with Gasteiger partial charge in [0.05, 0.1) is 0 Å². The number of allylic oxidation sites excluding steroid dienone is 4. The van der Waals surface area contributed by atoms with E-state index in [2.05, 4.69) is 197 Å². The molecule has 7 rings (SSSR count). The van der Waals surface area contributed by atoms with Crippen LogP contribution in [-0.2, 0) is 0 Å². The highest BCUT2D eigenvalue weighted by Gasteiger charge is 2.48. The third-order valence-corrected chi connectivity index (χ3v) is 16.7. The van der Waals surface area contributed by atoms with E-state index in [-0.39, 0.29) is 0 Å². The summed E-state index contributed by atoms with van der Waals surface area (Å²) in [5.41, 5.74) is 19.9. The van der Waals surface area contributed by atoms with E-state index in [4.69, 9.17) is 0 Å². The van der Waals surface area contributed by atoms with Crippen LogP contribution in [-0.4, -0.2) is 8.07 Å². The van der Waals surface area contributed by atoms with Gasteiger partial charge in [0.25, 0.3) is 0 Å². The van der Waals surface area contributed by atoms with Gasteiger partial charge in [0, 0.05) is 0 Å². The molecular weight excluding hydrogens is 641 g/mol. The zero-order valence-electron chi connectivity index (χ0n) is 32.7. The first-order valence-corrected chi connectivity index (χ1v) is 20.8. The van der Waals surface area contributed by atoms with E-state index in [0.717, 1.165) is 0 Å². The van der Waals surface area contributed by atoms with Gasteiger partial charge >= 0.3 is 0 Å². The predicted octanol–water partition coefficient (Wildman–Crippen LogP) is 11.9. The van der Waals surface area contributed by atoms with Gasteiger partial charge in [-0.3, -0.25) is 0 Å². The van der Waals surface area contributed by atoms with Gasteiger partial charge in [-0.15, -0.1) is 0 Å². The van der Waals surface area contributed by atoms with Crippen LogP contribution in [0.15, 0.2) is 149 Å². The van der Waals surface area contributed by atoms with E-state index >= 15 is 0 Å². The van der Waals surface area contributed by atoms with Gasteiger partial charge in [0.1, 0.15) is 0 Å². The van der Waals surface area contributed by atoms with Crippen molar-refractivity contribution in [1.82, 2.24) is 0 Å². The van der Waals surface area contributed by atoms with Crippen molar-refractivity contribution in [2.75, 3.05) is 0 Å². The molecule has 0 fully saturated rings. The maximum atomic E-state index is 2.55. The topological polar surface area (TPSA) is 0 Å². The second kappa shape index (κ2) is 13.9. The van der Waals surface area contributed by atoms with E-state index < -0.39 is 8.07 Å². The SMILES string of the molecule is CC1=C(C)C(C)C([Si](c2cccc(-c3cc(C)cc(C)c3)c2)(c2cccc(-c3cc(C)cc(C)c3)c2)c2cccc(-c3cc(C)cc(C)c3)c2)=C1C. The lowest BCUT2D eigenvalue weighted by Gasteiger charge is -2.39. The number of hydrogen-bond donors (Lipinski definition) is 0. The maximum absolute atomic E-state index is 2.94. The largest absolute Gasteiger partial charge is 0.176 e. The molecule has 0 N–H and O–H groups in total. The minimum absolute atomic E-state index is 0.325. The van der Waals surface area contributed by atoms with Crippen LogP contribution in [0.25, 0.3) is 33.4 Å². The second-order valence-electron chi connectivity index (χ2n) is 15.7. The summed E-state index contributed by atoms with van der Waals surface area (Å²) in [5, 5.41) is 5.91.